The monoisotopic (exact) mass is 285 g/mol. The molecule has 1 unspecified atom stereocenters. The lowest BCUT2D eigenvalue weighted by Gasteiger charge is -2.13. The van der Waals surface area contributed by atoms with Crippen LogP contribution in [0.4, 0.5) is 5.69 Å². The summed E-state index contributed by atoms with van der Waals surface area (Å²) in [5.74, 6) is -1.12. The van der Waals surface area contributed by atoms with Crippen LogP contribution in [0.1, 0.15) is 17.3 Å². The van der Waals surface area contributed by atoms with E-state index in [9.17, 15) is 14.7 Å². The summed E-state index contributed by atoms with van der Waals surface area (Å²) >= 11 is 0. The van der Waals surface area contributed by atoms with Crippen LogP contribution in [0.2, 0.25) is 0 Å². The molecule has 0 aliphatic carbocycles. The normalized spacial score (nSPS) is 11.5. The number of anilines is 1. The van der Waals surface area contributed by atoms with Crippen molar-refractivity contribution in [2.24, 2.45) is 0 Å². The van der Waals surface area contributed by atoms with Crippen molar-refractivity contribution in [3.8, 4) is 5.75 Å². The van der Waals surface area contributed by atoms with Crippen molar-refractivity contribution < 1.29 is 19.4 Å². The summed E-state index contributed by atoms with van der Waals surface area (Å²) in [6.07, 6.45) is -0.944. The number of benzene rings is 2. The summed E-state index contributed by atoms with van der Waals surface area (Å²) in [5, 5.41) is 12.0. The zero-order valence-electron chi connectivity index (χ0n) is 11.4. The Hall–Kier alpha value is -2.82. The molecule has 0 heterocycles. The number of nitrogens with one attached hydrogen (secondary N) is 1. The third kappa shape index (κ3) is 4.07. The van der Waals surface area contributed by atoms with Gasteiger partial charge in [0.15, 0.2) is 6.10 Å². The van der Waals surface area contributed by atoms with Crippen molar-refractivity contribution in [3.63, 3.8) is 0 Å². The Bertz CT molecular complexity index is 640. The number of ether oxygens (including phenoxy) is 1. The largest absolute Gasteiger partial charge is 0.508 e. The molecule has 0 fully saturated rings. The van der Waals surface area contributed by atoms with Gasteiger partial charge in [0.05, 0.1) is 5.56 Å². The molecule has 2 N–H and O–H groups in total. The minimum absolute atomic E-state index is 0.0363. The smallest absolute Gasteiger partial charge is 0.339 e. The molecule has 2 rings (SSSR count). The summed E-state index contributed by atoms with van der Waals surface area (Å²) in [6, 6.07) is 14.7. The predicted octanol–water partition coefficient (Wildman–Crippen LogP) is 2.58. The van der Waals surface area contributed by atoms with Gasteiger partial charge in [0.1, 0.15) is 5.75 Å². The Balaban J connectivity index is 1.96. The minimum atomic E-state index is -0.944. The molecular formula is C16H15NO4. The van der Waals surface area contributed by atoms with Gasteiger partial charge in [-0.05, 0) is 37.3 Å². The number of para-hydroxylation sites is 1. The fraction of sp³-hybridized carbons (Fsp3) is 0.125. The van der Waals surface area contributed by atoms with Gasteiger partial charge < -0.3 is 15.2 Å². The highest BCUT2D eigenvalue weighted by Crippen LogP contribution is 2.13. The van der Waals surface area contributed by atoms with E-state index in [1.165, 1.54) is 31.2 Å². The van der Waals surface area contributed by atoms with Crippen LogP contribution in [0, 0.1) is 0 Å². The molecule has 108 valence electrons. The van der Waals surface area contributed by atoms with Crippen LogP contribution in [-0.2, 0) is 9.53 Å². The van der Waals surface area contributed by atoms with Crippen molar-refractivity contribution in [1.82, 2.24) is 0 Å². The first-order valence-corrected chi connectivity index (χ1v) is 6.42. The number of amides is 1. The fourth-order valence-electron chi connectivity index (χ4n) is 1.68. The van der Waals surface area contributed by atoms with Gasteiger partial charge in [-0.25, -0.2) is 4.79 Å². The molecule has 0 aromatic heterocycles. The molecule has 21 heavy (non-hydrogen) atoms. The number of phenolic OH excluding ortho intramolecular Hbond substituents is 1. The first-order valence-electron chi connectivity index (χ1n) is 6.42. The van der Waals surface area contributed by atoms with Crippen molar-refractivity contribution >= 4 is 17.6 Å². The zero-order chi connectivity index (χ0) is 15.2. The van der Waals surface area contributed by atoms with E-state index in [1.807, 2.05) is 6.07 Å². The maximum absolute atomic E-state index is 11.9. The summed E-state index contributed by atoms with van der Waals surface area (Å²) in [7, 11) is 0. The summed E-state index contributed by atoms with van der Waals surface area (Å²) in [6.45, 7) is 1.49. The van der Waals surface area contributed by atoms with E-state index in [0.717, 1.165) is 0 Å². The highest BCUT2D eigenvalue weighted by atomic mass is 16.5. The predicted molar refractivity (Wildman–Crippen MR) is 78.1 cm³/mol. The summed E-state index contributed by atoms with van der Waals surface area (Å²) in [4.78, 5) is 23.8. The molecule has 0 aliphatic heterocycles. The quantitative estimate of drug-likeness (QED) is 0.847. The average Bonchev–Trinajstić information content (AvgIpc) is 2.48. The van der Waals surface area contributed by atoms with Crippen molar-refractivity contribution in [2.75, 3.05) is 5.32 Å². The van der Waals surface area contributed by atoms with E-state index in [2.05, 4.69) is 5.32 Å². The Kier molecular flexibility index (Phi) is 4.56. The van der Waals surface area contributed by atoms with Crippen LogP contribution in [0.5, 0.6) is 5.75 Å². The molecule has 5 nitrogen and oxygen atoms in total. The summed E-state index contributed by atoms with van der Waals surface area (Å²) in [5.41, 5.74) is 0.817. The zero-order valence-corrected chi connectivity index (χ0v) is 11.4. The number of hydrogen-bond donors (Lipinski definition) is 2. The lowest BCUT2D eigenvalue weighted by atomic mass is 10.2. The third-order valence-electron chi connectivity index (χ3n) is 2.78. The fourth-order valence-corrected chi connectivity index (χ4v) is 1.68. The highest BCUT2D eigenvalue weighted by Gasteiger charge is 2.19. The molecule has 2 aromatic carbocycles. The van der Waals surface area contributed by atoms with Gasteiger partial charge in [-0.2, -0.15) is 0 Å². The maximum Gasteiger partial charge on any atom is 0.339 e. The number of carbonyl (C=O) groups is 2. The first kappa shape index (κ1) is 14.6. The SMILES string of the molecule is CC(OC(=O)c1cccc(O)c1)C(=O)Nc1ccccc1. The molecule has 0 spiro atoms. The Morgan fingerprint density at radius 1 is 1.10 bits per heavy atom. The second-order valence-corrected chi connectivity index (χ2v) is 4.45. The number of phenols is 1. The van der Waals surface area contributed by atoms with E-state index in [0.29, 0.717) is 5.69 Å². The van der Waals surface area contributed by atoms with Gasteiger partial charge >= 0.3 is 5.97 Å². The molecule has 1 atom stereocenters. The van der Waals surface area contributed by atoms with Crippen molar-refractivity contribution in [3.05, 3.63) is 60.2 Å². The number of aromatic hydroxyl groups is 1. The molecular weight excluding hydrogens is 270 g/mol. The van der Waals surface area contributed by atoms with Crippen LogP contribution in [0.25, 0.3) is 0 Å². The van der Waals surface area contributed by atoms with E-state index in [4.69, 9.17) is 4.74 Å². The Morgan fingerprint density at radius 3 is 2.48 bits per heavy atom. The molecule has 0 aliphatic rings. The first-order chi connectivity index (χ1) is 10.1. The topological polar surface area (TPSA) is 75.6 Å². The molecule has 5 heteroatoms. The number of esters is 1. The average molecular weight is 285 g/mol. The van der Waals surface area contributed by atoms with Crippen LogP contribution in [0.15, 0.2) is 54.6 Å². The Labute approximate surface area is 122 Å². The standard InChI is InChI=1S/C16H15NO4/c1-11(15(19)17-13-7-3-2-4-8-13)21-16(20)12-6-5-9-14(18)10-12/h2-11,18H,1H3,(H,17,19). The van der Waals surface area contributed by atoms with Crippen LogP contribution >= 0.6 is 0 Å². The van der Waals surface area contributed by atoms with E-state index in [-0.39, 0.29) is 11.3 Å². The van der Waals surface area contributed by atoms with Gasteiger partial charge in [0, 0.05) is 5.69 Å². The van der Waals surface area contributed by atoms with Crippen LogP contribution in [0.3, 0.4) is 0 Å². The second kappa shape index (κ2) is 6.56. The van der Waals surface area contributed by atoms with Gasteiger partial charge in [-0.1, -0.05) is 24.3 Å². The van der Waals surface area contributed by atoms with Gasteiger partial charge in [0.2, 0.25) is 0 Å². The number of rotatable bonds is 4. The minimum Gasteiger partial charge on any atom is -0.508 e. The lowest BCUT2D eigenvalue weighted by molar-refractivity contribution is -0.123. The highest BCUT2D eigenvalue weighted by molar-refractivity contribution is 5.97. The summed E-state index contributed by atoms with van der Waals surface area (Å²) < 4.78 is 5.06. The van der Waals surface area contributed by atoms with Gasteiger partial charge in [0.25, 0.3) is 5.91 Å². The van der Waals surface area contributed by atoms with Crippen molar-refractivity contribution in [2.45, 2.75) is 13.0 Å². The number of hydrogen-bond acceptors (Lipinski definition) is 4. The molecule has 0 saturated carbocycles. The number of carbonyl (C=O) groups excluding carboxylic acids is 2. The van der Waals surface area contributed by atoms with Gasteiger partial charge in [-0.15, -0.1) is 0 Å². The third-order valence-corrected chi connectivity index (χ3v) is 2.78. The maximum atomic E-state index is 11.9. The van der Waals surface area contributed by atoms with Crippen molar-refractivity contribution in [1.29, 1.82) is 0 Å². The lowest BCUT2D eigenvalue weighted by Crippen LogP contribution is -2.29. The molecule has 2 aromatic rings. The van der Waals surface area contributed by atoms with Gasteiger partial charge in [-0.3, -0.25) is 4.79 Å². The molecule has 0 radical (unpaired) electrons. The molecule has 0 saturated heterocycles. The Morgan fingerprint density at radius 2 is 1.81 bits per heavy atom. The molecule has 0 bridgehead atoms. The van der Waals surface area contributed by atoms with Crippen LogP contribution < -0.4 is 5.32 Å². The second-order valence-electron chi connectivity index (χ2n) is 4.45. The van der Waals surface area contributed by atoms with E-state index >= 15 is 0 Å². The molecule has 1 amide bonds. The van der Waals surface area contributed by atoms with Crippen LogP contribution in [-0.4, -0.2) is 23.1 Å². The van der Waals surface area contributed by atoms with E-state index < -0.39 is 18.0 Å². The van der Waals surface area contributed by atoms with E-state index in [1.54, 1.807) is 24.3 Å².